The summed E-state index contributed by atoms with van der Waals surface area (Å²) in [5.74, 6) is 0.437. The van der Waals surface area contributed by atoms with E-state index in [1.807, 2.05) is 11.5 Å². The Morgan fingerprint density at radius 2 is 2.12 bits per heavy atom. The van der Waals surface area contributed by atoms with E-state index in [0.29, 0.717) is 18.8 Å². The lowest BCUT2D eigenvalue weighted by Crippen LogP contribution is -2.51. The third-order valence-electron chi connectivity index (χ3n) is 4.89. The molecule has 1 fully saturated rings. The first kappa shape index (κ1) is 17.1. The van der Waals surface area contributed by atoms with Crippen molar-refractivity contribution in [2.24, 2.45) is 0 Å². The molecule has 24 heavy (non-hydrogen) atoms. The van der Waals surface area contributed by atoms with Crippen LogP contribution in [-0.2, 0) is 16.9 Å². The molecule has 0 bridgehead atoms. The summed E-state index contributed by atoms with van der Waals surface area (Å²) in [6.45, 7) is 8.46. The fraction of sp³-hybridized carbons (Fsp3) is 0.588. The van der Waals surface area contributed by atoms with Crippen molar-refractivity contribution in [2.75, 3.05) is 13.1 Å². The predicted octanol–water partition coefficient (Wildman–Crippen LogP) is 2.85. The monoisotopic (exact) mass is 348 g/mol. The lowest BCUT2D eigenvalue weighted by molar-refractivity contribution is -0.150. The normalized spacial score (nSPS) is 18.2. The largest absolute Gasteiger partial charge is 0.479 e. The number of nitrogens with zero attached hydrogens (tertiary/aromatic N) is 4. The lowest BCUT2D eigenvalue weighted by atomic mass is 9.87. The van der Waals surface area contributed by atoms with Gasteiger partial charge in [0.25, 0.3) is 0 Å². The van der Waals surface area contributed by atoms with Crippen molar-refractivity contribution in [1.82, 2.24) is 19.4 Å². The van der Waals surface area contributed by atoms with E-state index in [4.69, 9.17) is 0 Å². The Hall–Kier alpha value is -1.73. The number of imidazole rings is 1. The van der Waals surface area contributed by atoms with Gasteiger partial charge < -0.3 is 9.67 Å². The Morgan fingerprint density at radius 1 is 1.42 bits per heavy atom. The second-order valence-electron chi connectivity index (χ2n) is 6.78. The van der Waals surface area contributed by atoms with E-state index in [1.165, 1.54) is 0 Å². The molecular formula is C17H24N4O2S. The molecule has 0 amide bonds. The van der Waals surface area contributed by atoms with Crippen LogP contribution in [0, 0.1) is 6.92 Å². The first-order valence-electron chi connectivity index (χ1n) is 8.33. The van der Waals surface area contributed by atoms with Gasteiger partial charge in [0, 0.05) is 30.9 Å². The second kappa shape index (κ2) is 6.64. The Bertz CT molecular complexity index is 714. The number of carboxylic acid groups (broad SMARTS) is 1. The van der Waals surface area contributed by atoms with E-state index in [0.717, 1.165) is 36.2 Å². The molecule has 0 atom stereocenters. The van der Waals surface area contributed by atoms with Gasteiger partial charge in [-0.05, 0) is 25.7 Å². The molecule has 0 spiro atoms. The van der Waals surface area contributed by atoms with Gasteiger partial charge in [-0.15, -0.1) is 11.3 Å². The van der Waals surface area contributed by atoms with Crippen molar-refractivity contribution in [3.8, 4) is 0 Å². The number of carbonyl (C=O) groups is 1. The minimum atomic E-state index is -0.872. The van der Waals surface area contributed by atoms with Crippen LogP contribution in [0.3, 0.4) is 0 Å². The van der Waals surface area contributed by atoms with E-state index in [1.54, 1.807) is 23.7 Å². The number of carboxylic acids is 1. The number of aromatic nitrogens is 3. The first-order valence-corrected chi connectivity index (χ1v) is 9.21. The molecule has 0 radical (unpaired) electrons. The van der Waals surface area contributed by atoms with Gasteiger partial charge in [0.15, 0.2) is 0 Å². The zero-order valence-electron chi connectivity index (χ0n) is 14.4. The summed E-state index contributed by atoms with van der Waals surface area (Å²) in [7, 11) is 0. The Kier molecular flexibility index (Phi) is 4.73. The third kappa shape index (κ3) is 3.10. The summed E-state index contributed by atoms with van der Waals surface area (Å²) in [4.78, 5) is 23.2. The first-order chi connectivity index (χ1) is 11.4. The number of thiazole rings is 1. The molecule has 0 unspecified atom stereocenters. The van der Waals surface area contributed by atoms with Gasteiger partial charge in [0.05, 0.1) is 12.2 Å². The number of hydrogen-bond donors (Lipinski definition) is 1. The molecule has 130 valence electrons. The summed E-state index contributed by atoms with van der Waals surface area (Å²) in [6, 6.07) is 0. The summed E-state index contributed by atoms with van der Waals surface area (Å²) in [5, 5.41) is 13.1. The average Bonchev–Trinajstić information content (AvgIpc) is 3.17. The lowest BCUT2D eigenvalue weighted by Gasteiger charge is -2.40. The molecule has 1 aliphatic rings. The molecule has 6 nitrogen and oxygen atoms in total. The number of rotatable bonds is 5. The van der Waals surface area contributed by atoms with E-state index >= 15 is 0 Å². The number of piperidine rings is 1. The molecule has 2 aromatic rings. The summed E-state index contributed by atoms with van der Waals surface area (Å²) < 4.78 is 1.83. The van der Waals surface area contributed by atoms with Crippen LogP contribution < -0.4 is 0 Å². The number of hydrogen-bond acceptors (Lipinski definition) is 5. The minimum absolute atomic E-state index is 0.445. The highest BCUT2D eigenvalue weighted by Gasteiger charge is 2.43. The zero-order chi connectivity index (χ0) is 17.3. The smallest absolute Gasteiger partial charge is 0.330 e. The molecular weight excluding hydrogens is 324 g/mol. The molecule has 1 N–H and O–H groups in total. The van der Waals surface area contributed by atoms with Crippen molar-refractivity contribution in [3.05, 3.63) is 34.3 Å². The van der Waals surface area contributed by atoms with Crippen LogP contribution in [-0.4, -0.2) is 43.6 Å². The fourth-order valence-corrected chi connectivity index (χ4v) is 4.32. The summed E-state index contributed by atoms with van der Waals surface area (Å²) in [6.07, 6.45) is 4.63. The van der Waals surface area contributed by atoms with Crippen LogP contribution in [0.15, 0.2) is 17.8 Å². The van der Waals surface area contributed by atoms with Gasteiger partial charge in [-0.25, -0.2) is 14.8 Å². The van der Waals surface area contributed by atoms with E-state index in [9.17, 15) is 9.90 Å². The molecule has 7 heteroatoms. The number of aliphatic carboxylic acids is 1. The van der Waals surface area contributed by atoms with Crippen molar-refractivity contribution >= 4 is 17.3 Å². The van der Waals surface area contributed by atoms with Crippen molar-refractivity contribution in [3.63, 3.8) is 0 Å². The van der Waals surface area contributed by atoms with E-state index < -0.39 is 11.5 Å². The minimum Gasteiger partial charge on any atom is -0.479 e. The maximum Gasteiger partial charge on any atom is 0.330 e. The van der Waals surface area contributed by atoms with Gasteiger partial charge in [-0.3, -0.25) is 4.90 Å². The molecule has 0 saturated carbocycles. The molecule has 0 aliphatic carbocycles. The van der Waals surface area contributed by atoms with E-state index in [-0.39, 0.29) is 0 Å². The molecule has 1 saturated heterocycles. The maximum atomic E-state index is 12.0. The molecule has 3 rings (SSSR count). The SMILES string of the molecule is Cc1nccn1C1(C(=O)O)CCN(Cc2nc(C(C)C)cs2)CC1. The Balaban J connectivity index is 1.69. The summed E-state index contributed by atoms with van der Waals surface area (Å²) >= 11 is 1.69. The molecule has 2 aromatic heterocycles. The topological polar surface area (TPSA) is 71.2 Å². The van der Waals surface area contributed by atoms with Gasteiger partial charge in [-0.2, -0.15) is 0 Å². The van der Waals surface area contributed by atoms with Crippen molar-refractivity contribution in [2.45, 2.75) is 51.6 Å². The molecule has 0 aromatic carbocycles. The average molecular weight is 348 g/mol. The Labute approximate surface area is 146 Å². The standard InChI is InChI=1S/C17H24N4O2S/c1-12(2)14-11-24-15(19-14)10-20-7-4-17(5-8-20,16(22)23)21-9-6-18-13(21)3/h6,9,11-12H,4-5,7-8,10H2,1-3H3,(H,22,23). The van der Waals surface area contributed by atoms with Gasteiger partial charge in [0.1, 0.15) is 16.4 Å². The van der Waals surface area contributed by atoms with Crippen LogP contribution in [0.25, 0.3) is 0 Å². The highest BCUT2D eigenvalue weighted by atomic mass is 32.1. The van der Waals surface area contributed by atoms with Crippen LogP contribution in [0.1, 0.15) is 49.1 Å². The van der Waals surface area contributed by atoms with Crippen LogP contribution in [0.2, 0.25) is 0 Å². The van der Waals surface area contributed by atoms with Crippen LogP contribution in [0.4, 0.5) is 0 Å². The fourth-order valence-electron chi connectivity index (χ4n) is 3.32. The maximum absolute atomic E-state index is 12.0. The number of aryl methyl sites for hydroxylation is 1. The third-order valence-corrected chi connectivity index (χ3v) is 5.74. The van der Waals surface area contributed by atoms with Crippen LogP contribution >= 0.6 is 11.3 Å². The quantitative estimate of drug-likeness (QED) is 0.899. The van der Waals surface area contributed by atoms with E-state index in [2.05, 4.69) is 34.1 Å². The van der Waals surface area contributed by atoms with Crippen LogP contribution in [0.5, 0.6) is 0 Å². The molecule has 3 heterocycles. The zero-order valence-corrected chi connectivity index (χ0v) is 15.2. The van der Waals surface area contributed by atoms with Gasteiger partial charge in [-0.1, -0.05) is 13.8 Å². The van der Waals surface area contributed by atoms with Gasteiger partial charge in [0.2, 0.25) is 0 Å². The predicted molar refractivity (Wildman–Crippen MR) is 93.3 cm³/mol. The molecule has 1 aliphatic heterocycles. The Morgan fingerprint density at radius 3 is 2.62 bits per heavy atom. The van der Waals surface area contributed by atoms with Gasteiger partial charge >= 0.3 is 5.97 Å². The highest BCUT2D eigenvalue weighted by Crippen LogP contribution is 2.32. The highest BCUT2D eigenvalue weighted by molar-refractivity contribution is 7.09. The van der Waals surface area contributed by atoms with Crippen molar-refractivity contribution < 1.29 is 9.90 Å². The van der Waals surface area contributed by atoms with Crippen molar-refractivity contribution in [1.29, 1.82) is 0 Å². The second-order valence-corrected chi connectivity index (χ2v) is 7.72. The number of likely N-dealkylation sites (tertiary alicyclic amines) is 1. The summed E-state index contributed by atoms with van der Waals surface area (Å²) in [5.41, 5.74) is 0.268.